The fourth-order valence-electron chi connectivity index (χ4n) is 2.38. The topological polar surface area (TPSA) is 59.8 Å². The van der Waals surface area contributed by atoms with Gasteiger partial charge in [0, 0.05) is 23.7 Å². The first kappa shape index (κ1) is 16.9. The second kappa shape index (κ2) is 6.49. The van der Waals surface area contributed by atoms with E-state index in [1.807, 2.05) is 6.92 Å². The summed E-state index contributed by atoms with van der Waals surface area (Å²) in [6.45, 7) is 6.18. The van der Waals surface area contributed by atoms with Gasteiger partial charge < -0.3 is 0 Å². The Morgan fingerprint density at radius 3 is 2.62 bits per heavy atom. The number of nitrogens with one attached hydrogen (secondary N) is 1. The molecule has 0 atom stereocenters. The van der Waals surface area contributed by atoms with Crippen LogP contribution in [0.4, 0.5) is 5.13 Å². The second-order valence-corrected chi connectivity index (χ2v) is 7.73. The van der Waals surface area contributed by atoms with Gasteiger partial charge in [0.25, 0.3) is 5.91 Å². The quantitative estimate of drug-likeness (QED) is 0.699. The Morgan fingerprint density at radius 1 is 1.25 bits per heavy atom. The van der Waals surface area contributed by atoms with Gasteiger partial charge in [0.1, 0.15) is 0 Å². The van der Waals surface area contributed by atoms with Gasteiger partial charge >= 0.3 is 0 Å². The minimum Gasteiger partial charge on any atom is -0.296 e. The second-order valence-electron chi connectivity index (χ2n) is 5.68. The Morgan fingerprint density at radius 2 is 2.00 bits per heavy atom. The van der Waals surface area contributed by atoms with E-state index in [0.717, 1.165) is 16.1 Å². The Bertz CT molecular complexity index is 929. The van der Waals surface area contributed by atoms with Crippen LogP contribution in [0.1, 0.15) is 26.5 Å². The van der Waals surface area contributed by atoms with Crippen molar-refractivity contribution in [3.8, 4) is 11.3 Å². The SMILES string of the molecule is Cc1ccc(-c2nc(NC(=O)c3nn(C)cc3Br)sc2C)cc1C. The summed E-state index contributed by atoms with van der Waals surface area (Å²) in [4.78, 5) is 18.0. The Hall–Kier alpha value is -1.99. The Balaban J connectivity index is 1.87. The molecule has 2 heterocycles. The zero-order valence-corrected chi connectivity index (χ0v) is 16.2. The maximum absolute atomic E-state index is 12.4. The molecule has 1 aromatic carbocycles. The molecule has 1 amide bonds. The molecule has 24 heavy (non-hydrogen) atoms. The third kappa shape index (κ3) is 3.27. The van der Waals surface area contributed by atoms with E-state index >= 15 is 0 Å². The fraction of sp³-hybridized carbons (Fsp3) is 0.235. The van der Waals surface area contributed by atoms with Gasteiger partial charge in [-0.2, -0.15) is 5.10 Å². The molecular formula is C17H17BrN4OS. The molecule has 0 fully saturated rings. The van der Waals surface area contributed by atoms with Gasteiger partial charge in [-0.05, 0) is 53.9 Å². The van der Waals surface area contributed by atoms with Crippen LogP contribution in [-0.2, 0) is 7.05 Å². The third-order valence-corrected chi connectivity index (χ3v) is 5.26. The van der Waals surface area contributed by atoms with E-state index in [9.17, 15) is 4.79 Å². The van der Waals surface area contributed by atoms with Crippen LogP contribution in [0.25, 0.3) is 11.3 Å². The van der Waals surface area contributed by atoms with Gasteiger partial charge in [-0.25, -0.2) is 4.98 Å². The summed E-state index contributed by atoms with van der Waals surface area (Å²) in [6, 6.07) is 6.27. The lowest BCUT2D eigenvalue weighted by molar-refractivity contribution is 0.102. The van der Waals surface area contributed by atoms with Crippen LogP contribution in [0.2, 0.25) is 0 Å². The van der Waals surface area contributed by atoms with Crippen molar-refractivity contribution in [1.29, 1.82) is 0 Å². The van der Waals surface area contributed by atoms with Crippen LogP contribution in [0.3, 0.4) is 0 Å². The summed E-state index contributed by atoms with van der Waals surface area (Å²) in [5.74, 6) is -0.275. The fourth-order valence-corrected chi connectivity index (χ4v) is 3.76. The predicted octanol–water partition coefficient (Wildman–Crippen LogP) is 4.48. The first-order chi connectivity index (χ1) is 11.3. The molecule has 0 radical (unpaired) electrons. The van der Waals surface area contributed by atoms with Crippen molar-refractivity contribution in [2.75, 3.05) is 5.32 Å². The molecule has 0 aliphatic carbocycles. The molecule has 124 valence electrons. The van der Waals surface area contributed by atoms with Crippen LogP contribution in [0.5, 0.6) is 0 Å². The molecule has 0 unspecified atom stereocenters. The van der Waals surface area contributed by atoms with Crippen molar-refractivity contribution in [2.24, 2.45) is 7.05 Å². The van der Waals surface area contributed by atoms with E-state index < -0.39 is 0 Å². The number of halogens is 1. The highest BCUT2D eigenvalue weighted by atomic mass is 79.9. The van der Waals surface area contributed by atoms with E-state index in [2.05, 4.69) is 63.4 Å². The molecule has 7 heteroatoms. The number of benzene rings is 1. The molecule has 3 aromatic rings. The highest BCUT2D eigenvalue weighted by Crippen LogP contribution is 2.31. The number of hydrogen-bond donors (Lipinski definition) is 1. The van der Waals surface area contributed by atoms with Crippen molar-refractivity contribution in [3.63, 3.8) is 0 Å². The van der Waals surface area contributed by atoms with Crippen LogP contribution >= 0.6 is 27.3 Å². The molecule has 0 aliphatic heterocycles. The molecular weight excluding hydrogens is 388 g/mol. The average Bonchev–Trinajstić information content (AvgIpc) is 3.04. The summed E-state index contributed by atoms with van der Waals surface area (Å²) < 4.78 is 2.25. The van der Waals surface area contributed by atoms with Gasteiger partial charge in [-0.1, -0.05) is 12.1 Å². The first-order valence-corrected chi connectivity index (χ1v) is 9.01. The monoisotopic (exact) mass is 404 g/mol. The minimum atomic E-state index is -0.275. The largest absolute Gasteiger partial charge is 0.296 e. The normalized spacial score (nSPS) is 10.9. The lowest BCUT2D eigenvalue weighted by Gasteiger charge is -2.03. The molecule has 3 rings (SSSR count). The minimum absolute atomic E-state index is 0.275. The number of aryl methyl sites for hydroxylation is 4. The van der Waals surface area contributed by atoms with Crippen LogP contribution in [0.15, 0.2) is 28.9 Å². The maximum atomic E-state index is 12.4. The van der Waals surface area contributed by atoms with E-state index in [-0.39, 0.29) is 5.91 Å². The molecule has 2 aromatic heterocycles. The third-order valence-electron chi connectivity index (χ3n) is 3.80. The molecule has 0 saturated carbocycles. The standard InChI is InChI=1S/C17H17BrN4OS/c1-9-5-6-12(7-10(9)2)14-11(3)24-17(19-14)20-16(23)15-13(18)8-22(4)21-15/h5-8H,1-4H3,(H,19,20,23). The molecule has 0 spiro atoms. The average molecular weight is 405 g/mol. The van der Waals surface area contributed by atoms with E-state index in [4.69, 9.17) is 0 Å². The van der Waals surface area contributed by atoms with E-state index in [0.29, 0.717) is 15.3 Å². The molecule has 0 bridgehead atoms. The van der Waals surface area contributed by atoms with Gasteiger partial charge in [-0.3, -0.25) is 14.8 Å². The number of aromatic nitrogens is 3. The number of thiazole rings is 1. The summed E-state index contributed by atoms with van der Waals surface area (Å²) in [5, 5.41) is 7.55. The smallest absolute Gasteiger partial charge is 0.279 e. The van der Waals surface area contributed by atoms with Gasteiger partial charge in [0.15, 0.2) is 10.8 Å². The molecule has 1 N–H and O–H groups in total. The number of nitrogens with zero attached hydrogens (tertiary/aromatic N) is 3. The number of carbonyl (C=O) groups excluding carboxylic acids is 1. The van der Waals surface area contributed by atoms with Gasteiger partial charge in [-0.15, -0.1) is 11.3 Å². The number of anilines is 1. The summed E-state index contributed by atoms with van der Waals surface area (Å²) in [6.07, 6.45) is 1.74. The number of rotatable bonds is 3. The summed E-state index contributed by atoms with van der Waals surface area (Å²) in [7, 11) is 1.77. The maximum Gasteiger partial charge on any atom is 0.279 e. The van der Waals surface area contributed by atoms with Gasteiger partial charge in [0.2, 0.25) is 0 Å². The summed E-state index contributed by atoms with van der Waals surface area (Å²) in [5.41, 5.74) is 4.78. The van der Waals surface area contributed by atoms with E-state index in [1.54, 1.807) is 17.9 Å². The summed E-state index contributed by atoms with van der Waals surface area (Å²) >= 11 is 4.80. The van der Waals surface area contributed by atoms with Crippen molar-refractivity contribution in [3.05, 3.63) is 50.6 Å². The predicted molar refractivity (Wildman–Crippen MR) is 101 cm³/mol. The highest BCUT2D eigenvalue weighted by Gasteiger charge is 2.17. The highest BCUT2D eigenvalue weighted by molar-refractivity contribution is 9.10. The first-order valence-electron chi connectivity index (χ1n) is 7.40. The number of carbonyl (C=O) groups is 1. The van der Waals surface area contributed by atoms with Crippen molar-refractivity contribution in [2.45, 2.75) is 20.8 Å². The molecule has 0 aliphatic rings. The molecule has 5 nitrogen and oxygen atoms in total. The van der Waals surface area contributed by atoms with Gasteiger partial charge in [0.05, 0.1) is 10.2 Å². The Labute approximate surface area is 152 Å². The van der Waals surface area contributed by atoms with Crippen molar-refractivity contribution < 1.29 is 4.79 Å². The Kier molecular flexibility index (Phi) is 4.56. The number of amides is 1. The zero-order valence-electron chi connectivity index (χ0n) is 13.8. The van der Waals surface area contributed by atoms with Crippen molar-refractivity contribution in [1.82, 2.24) is 14.8 Å². The number of hydrogen-bond acceptors (Lipinski definition) is 4. The zero-order chi connectivity index (χ0) is 17.4. The lowest BCUT2D eigenvalue weighted by atomic mass is 10.0. The van der Waals surface area contributed by atoms with Crippen LogP contribution in [-0.4, -0.2) is 20.7 Å². The lowest BCUT2D eigenvalue weighted by Crippen LogP contribution is -2.13. The van der Waals surface area contributed by atoms with Crippen LogP contribution in [0, 0.1) is 20.8 Å². The van der Waals surface area contributed by atoms with Crippen molar-refractivity contribution >= 4 is 38.3 Å². The molecule has 0 saturated heterocycles. The van der Waals surface area contributed by atoms with E-state index in [1.165, 1.54) is 22.5 Å². The van der Waals surface area contributed by atoms with Crippen LogP contribution < -0.4 is 5.32 Å².